The third-order valence-electron chi connectivity index (χ3n) is 2.30. The summed E-state index contributed by atoms with van der Waals surface area (Å²) >= 11 is 0. The van der Waals surface area contributed by atoms with Gasteiger partial charge < -0.3 is 9.84 Å². The molecule has 2 heterocycles. The predicted octanol–water partition coefficient (Wildman–Crippen LogP) is 1.74. The molecule has 1 N–H and O–H groups in total. The average Bonchev–Trinajstić information content (AvgIpc) is 2.57. The van der Waals surface area contributed by atoms with Crippen molar-refractivity contribution in [1.82, 2.24) is 9.38 Å². The van der Waals surface area contributed by atoms with Crippen molar-refractivity contribution in [1.29, 1.82) is 0 Å². The number of rotatable bonds is 3. The lowest BCUT2D eigenvalue weighted by Gasteiger charge is -2.04. The minimum Gasteiger partial charge on any atom is -0.492 e. The van der Waals surface area contributed by atoms with Gasteiger partial charge in [0.15, 0.2) is 5.69 Å². The maximum absolute atomic E-state index is 10.9. The fraction of sp³-hybridized carbons (Fsp3) is 0.273. The Hall–Kier alpha value is -2.04. The fourth-order valence-corrected chi connectivity index (χ4v) is 1.62. The number of aryl methyl sites for hydroxylation is 1. The number of pyridine rings is 1. The van der Waals surface area contributed by atoms with Crippen molar-refractivity contribution in [3.8, 4) is 5.75 Å². The second-order valence-electron chi connectivity index (χ2n) is 3.37. The Labute approximate surface area is 92.3 Å². The van der Waals surface area contributed by atoms with Gasteiger partial charge in [-0.3, -0.25) is 4.40 Å². The van der Waals surface area contributed by atoms with Crippen LogP contribution < -0.4 is 4.74 Å². The van der Waals surface area contributed by atoms with Gasteiger partial charge in [-0.25, -0.2) is 9.78 Å². The summed E-state index contributed by atoms with van der Waals surface area (Å²) in [5.41, 5.74) is 0.647. The highest BCUT2D eigenvalue weighted by Gasteiger charge is 2.14. The number of imidazole rings is 1. The lowest BCUT2D eigenvalue weighted by molar-refractivity contribution is 0.0693. The second-order valence-corrected chi connectivity index (χ2v) is 3.37. The first-order valence-electron chi connectivity index (χ1n) is 4.98. The smallest absolute Gasteiger partial charge is 0.356 e. The molecule has 0 aliphatic heterocycles. The molecule has 0 aromatic carbocycles. The Morgan fingerprint density at radius 3 is 2.94 bits per heavy atom. The monoisotopic (exact) mass is 220 g/mol. The Kier molecular flexibility index (Phi) is 2.52. The summed E-state index contributed by atoms with van der Waals surface area (Å²) in [7, 11) is 0. The van der Waals surface area contributed by atoms with Crippen molar-refractivity contribution in [2.45, 2.75) is 13.8 Å². The van der Waals surface area contributed by atoms with E-state index in [9.17, 15) is 4.79 Å². The first-order chi connectivity index (χ1) is 7.63. The molecule has 0 bridgehead atoms. The van der Waals surface area contributed by atoms with Crippen LogP contribution in [0.4, 0.5) is 0 Å². The molecule has 0 fully saturated rings. The van der Waals surface area contributed by atoms with E-state index < -0.39 is 5.97 Å². The van der Waals surface area contributed by atoms with Gasteiger partial charge in [0, 0.05) is 0 Å². The van der Waals surface area contributed by atoms with E-state index in [0.29, 0.717) is 23.7 Å². The van der Waals surface area contributed by atoms with E-state index in [1.807, 2.05) is 6.92 Å². The standard InChI is InChI=1S/C11H12N2O3/c1-3-16-8-4-5-9-10(11(14)15)12-7(2)13(9)6-8/h4-6H,3H2,1-2H3,(H,14,15). The van der Waals surface area contributed by atoms with E-state index in [0.717, 1.165) is 0 Å². The van der Waals surface area contributed by atoms with E-state index in [-0.39, 0.29) is 5.69 Å². The fourth-order valence-electron chi connectivity index (χ4n) is 1.62. The van der Waals surface area contributed by atoms with E-state index in [1.165, 1.54) is 0 Å². The van der Waals surface area contributed by atoms with Gasteiger partial charge >= 0.3 is 5.97 Å². The van der Waals surface area contributed by atoms with Gasteiger partial charge in [-0.1, -0.05) is 0 Å². The number of ether oxygens (including phenoxy) is 1. The van der Waals surface area contributed by atoms with Gasteiger partial charge in [-0.05, 0) is 26.0 Å². The molecule has 0 saturated carbocycles. The van der Waals surface area contributed by atoms with Gasteiger partial charge in [-0.15, -0.1) is 0 Å². The number of carbonyl (C=O) groups is 1. The van der Waals surface area contributed by atoms with Gasteiger partial charge in [0.2, 0.25) is 0 Å². The molecule has 0 radical (unpaired) electrons. The van der Waals surface area contributed by atoms with Crippen LogP contribution in [0.2, 0.25) is 0 Å². The van der Waals surface area contributed by atoms with Crippen LogP contribution in [-0.2, 0) is 0 Å². The van der Waals surface area contributed by atoms with Crippen LogP contribution in [0, 0.1) is 6.92 Å². The maximum Gasteiger partial charge on any atom is 0.356 e. The number of fused-ring (bicyclic) bond motifs is 1. The van der Waals surface area contributed by atoms with Gasteiger partial charge in [0.25, 0.3) is 0 Å². The minimum atomic E-state index is -1.02. The topological polar surface area (TPSA) is 63.8 Å². The zero-order valence-electron chi connectivity index (χ0n) is 9.10. The lowest BCUT2D eigenvalue weighted by Crippen LogP contribution is -1.98. The van der Waals surface area contributed by atoms with E-state index in [2.05, 4.69) is 4.98 Å². The van der Waals surface area contributed by atoms with E-state index in [1.54, 1.807) is 29.7 Å². The number of aromatic nitrogens is 2. The summed E-state index contributed by atoms with van der Waals surface area (Å²) in [6, 6.07) is 3.45. The lowest BCUT2D eigenvalue weighted by atomic mass is 10.3. The Bertz CT molecular complexity index is 545. The zero-order chi connectivity index (χ0) is 11.7. The quantitative estimate of drug-likeness (QED) is 0.855. The molecule has 5 nitrogen and oxygen atoms in total. The molecule has 0 unspecified atom stereocenters. The number of hydrogen-bond donors (Lipinski definition) is 1. The van der Waals surface area contributed by atoms with Gasteiger partial charge in [0.05, 0.1) is 18.3 Å². The molecule has 2 rings (SSSR count). The summed E-state index contributed by atoms with van der Waals surface area (Å²) in [5, 5.41) is 8.96. The number of nitrogens with zero attached hydrogens (tertiary/aromatic N) is 2. The molecule has 16 heavy (non-hydrogen) atoms. The zero-order valence-corrected chi connectivity index (χ0v) is 9.10. The highest BCUT2D eigenvalue weighted by atomic mass is 16.5. The van der Waals surface area contributed by atoms with E-state index >= 15 is 0 Å². The van der Waals surface area contributed by atoms with Crippen LogP contribution in [0.3, 0.4) is 0 Å². The Morgan fingerprint density at radius 1 is 1.56 bits per heavy atom. The first-order valence-corrected chi connectivity index (χ1v) is 4.98. The third-order valence-corrected chi connectivity index (χ3v) is 2.30. The predicted molar refractivity (Wildman–Crippen MR) is 58.1 cm³/mol. The highest BCUT2D eigenvalue weighted by Crippen LogP contribution is 2.18. The normalized spacial score (nSPS) is 10.6. The molecule has 84 valence electrons. The summed E-state index contributed by atoms with van der Waals surface area (Å²) in [6.07, 6.45) is 1.74. The molecule has 2 aromatic heterocycles. The first kappa shape index (κ1) is 10.5. The van der Waals surface area contributed by atoms with Crippen molar-refractivity contribution in [2.24, 2.45) is 0 Å². The number of carboxylic acids is 1. The van der Waals surface area contributed by atoms with Crippen molar-refractivity contribution < 1.29 is 14.6 Å². The van der Waals surface area contributed by atoms with Crippen molar-refractivity contribution >= 4 is 11.5 Å². The summed E-state index contributed by atoms with van der Waals surface area (Å²) in [4.78, 5) is 14.9. The molecule has 0 spiro atoms. The highest BCUT2D eigenvalue weighted by molar-refractivity contribution is 5.93. The number of hydrogen-bond acceptors (Lipinski definition) is 3. The van der Waals surface area contributed by atoms with Crippen LogP contribution in [0.5, 0.6) is 5.75 Å². The molecule has 0 aliphatic rings. The number of carboxylic acid groups (broad SMARTS) is 1. The largest absolute Gasteiger partial charge is 0.492 e. The van der Waals surface area contributed by atoms with Gasteiger partial charge in [-0.2, -0.15) is 0 Å². The molecule has 0 saturated heterocycles. The molecular weight excluding hydrogens is 208 g/mol. The SMILES string of the molecule is CCOc1ccc2c(C(=O)O)nc(C)n2c1. The number of aromatic carboxylic acids is 1. The van der Waals surface area contributed by atoms with Crippen LogP contribution in [0.15, 0.2) is 18.3 Å². The molecule has 0 atom stereocenters. The minimum absolute atomic E-state index is 0.0700. The molecule has 0 amide bonds. The summed E-state index contributed by atoms with van der Waals surface area (Å²) in [6.45, 7) is 4.23. The maximum atomic E-state index is 10.9. The molecule has 5 heteroatoms. The summed E-state index contributed by atoms with van der Waals surface area (Å²) in [5.74, 6) is 0.316. The van der Waals surface area contributed by atoms with Crippen molar-refractivity contribution in [3.63, 3.8) is 0 Å². The van der Waals surface area contributed by atoms with Crippen LogP contribution in [0.1, 0.15) is 23.2 Å². The van der Waals surface area contributed by atoms with Crippen LogP contribution in [0.25, 0.3) is 5.52 Å². The summed E-state index contributed by atoms with van der Waals surface area (Å²) < 4.78 is 7.06. The molecular formula is C11H12N2O3. The molecule has 2 aromatic rings. The van der Waals surface area contributed by atoms with Crippen molar-refractivity contribution in [3.05, 3.63) is 29.8 Å². The van der Waals surface area contributed by atoms with E-state index in [4.69, 9.17) is 9.84 Å². The van der Waals surface area contributed by atoms with Crippen molar-refractivity contribution in [2.75, 3.05) is 6.61 Å². The van der Waals surface area contributed by atoms with Gasteiger partial charge in [0.1, 0.15) is 11.6 Å². The molecule has 0 aliphatic carbocycles. The second kappa shape index (κ2) is 3.84. The Balaban J connectivity index is 2.62. The van der Waals surface area contributed by atoms with Crippen LogP contribution >= 0.6 is 0 Å². The Morgan fingerprint density at radius 2 is 2.31 bits per heavy atom. The third kappa shape index (κ3) is 1.60. The van der Waals surface area contributed by atoms with Crippen LogP contribution in [-0.4, -0.2) is 27.1 Å². The average molecular weight is 220 g/mol.